The normalized spacial score (nSPS) is 17.9. The van der Waals surface area contributed by atoms with Gasteiger partial charge in [0.15, 0.2) is 0 Å². The Bertz CT molecular complexity index is 747. The van der Waals surface area contributed by atoms with Crippen LogP contribution in [0, 0.1) is 0 Å². The number of aryl methyl sites for hydroxylation is 1. The maximum atomic E-state index is 4.59. The van der Waals surface area contributed by atoms with Gasteiger partial charge in [0, 0.05) is 16.6 Å². The highest BCUT2D eigenvalue weighted by atomic mass is 32.1. The van der Waals surface area contributed by atoms with Crippen molar-refractivity contribution < 1.29 is 0 Å². The zero-order valence-electron chi connectivity index (χ0n) is 11.2. The van der Waals surface area contributed by atoms with E-state index in [1.807, 2.05) is 12.3 Å². The first-order valence-electron chi connectivity index (χ1n) is 7.08. The molecular formula is C17H16N2S. The first kappa shape index (κ1) is 11.9. The quantitative estimate of drug-likeness (QED) is 0.730. The number of hydrogen-bond acceptors (Lipinski definition) is 3. The molecular weight excluding hydrogens is 264 g/mol. The molecule has 0 fully saturated rings. The van der Waals surface area contributed by atoms with Gasteiger partial charge in [0.05, 0.1) is 11.7 Å². The van der Waals surface area contributed by atoms with Crippen molar-refractivity contribution in [2.45, 2.75) is 25.3 Å². The Morgan fingerprint density at radius 3 is 3.20 bits per heavy atom. The summed E-state index contributed by atoms with van der Waals surface area (Å²) in [4.78, 5) is 4.59. The van der Waals surface area contributed by atoms with Crippen molar-refractivity contribution in [2.75, 3.05) is 5.32 Å². The number of anilines is 1. The minimum Gasteiger partial charge on any atom is -0.377 e. The maximum Gasteiger partial charge on any atom is 0.0688 e. The van der Waals surface area contributed by atoms with Crippen molar-refractivity contribution in [3.05, 3.63) is 59.2 Å². The van der Waals surface area contributed by atoms with Crippen molar-refractivity contribution in [3.63, 3.8) is 0 Å². The van der Waals surface area contributed by atoms with Gasteiger partial charge in [-0.3, -0.25) is 4.98 Å². The number of nitrogens with one attached hydrogen (secondary N) is 1. The molecule has 1 aromatic carbocycles. The molecule has 2 nitrogen and oxygen atoms in total. The van der Waals surface area contributed by atoms with Crippen LogP contribution in [-0.4, -0.2) is 4.98 Å². The standard InChI is InChI=1S/C17H16N2S/c1-3-12-4-2-9-18-17(12)15(5-1)19-14-6-7-16-13(11-14)8-10-20-16/h2,4,6-11,15,19H,1,3,5H2. The summed E-state index contributed by atoms with van der Waals surface area (Å²) in [5.74, 6) is 0. The molecule has 2 heterocycles. The highest BCUT2D eigenvalue weighted by Crippen LogP contribution is 2.32. The van der Waals surface area contributed by atoms with Crippen molar-refractivity contribution in [2.24, 2.45) is 0 Å². The highest BCUT2D eigenvalue weighted by Gasteiger charge is 2.20. The monoisotopic (exact) mass is 280 g/mol. The van der Waals surface area contributed by atoms with Gasteiger partial charge in [-0.1, -0.05) is 6.07 Å². The van der Waals surface area contributed by atoms with Crippen LogP contribution >= 0.6 is 11.3 Å². The summed E-state index contributed by atoms with van der Waals surface area (Å²) >= 11 is 1.79. The Morgan fingerprint density at radius 1 is 1.20 bits per heavy atom. The number of benzene rings is 1. The summed E-state index contributed by atoms with van der Waals surface area (Å²) in [7, 11) is 0. The van der Waals surface area contributed by atoms with Crippen LogP contribution < -0.4 is 5.32 Å². The maximum absolute atomic E-state index is 4.59. The molecule has 4 rings (SSSR count). The van der Waals surface area contributed by atoms with Gasteiger partial charge in [-0.05, 0) is 65.9 Å². The van der Waals surface area contributed by atoms with Gasteiger partial charge in [-0.25, -0.2) is 0 Å². The minimum absolute atomic E-state index is 0.344. The Kier molecular flexibility index (Phi) is 2.92. The number of aromatic nitrogens is 1. The fourth-order valence-electron chi connectivity index (χ4n) is 3.01. The summed E-state index contributed by atoms with van der Waals surface area (Å²) in [5, 5.41) is 7.12. The lowest BCUT2D eigenvalue weighted by Crippen LogP contribution is -2.18. The van der Waals surface area contributed by atoms with Gasteiger partial charge in [0.1, 0.15) is 0 Å². The lowest BCUT2D eigenvalue weighted by molar-refractivity contribution is 0.583. The summed E-state index contributed by atoms with van der Waals surface area (Å²) < 4.78 is 1.35. The van der Waals surface area contributed by atoms with E-state index in [9.17, 15) is 0 Å². The number of nitrogens with zero attached hydrogens (tertiary/aromatic N) is 1. The Labute approximate surface area is 122 Å². The molecule has 20 heavy (non-hydrogen) atoms. The van der Waals surface area contributed by atoms with E-state index in [2.05, 4.69) is 46.0 Å². The van der Waals surface area contributed by atoms with E-state index >= 15 is 0 Å². The molecule has 0 spiro atoms. The topological polar surface area (TPSA) is 24.9 Å². The Balaban J connectivity index is 1.66. The van der Waals surface area contributed by atoms with Crippen molar-refractivity contribution in [3.8, 4) is 0 Å². The number of rotatable bonds is 2. The second-order valence-corrected chi connectivity index (χ2v) is 6.26. The SMILES string of the molecule is c1cnc2c(c1)CCCC2Nc1ccc2sccc2c1. The van der Waals surface area contributed by atoms with Crippen LogP contribution in [-0.2, 0) is 6.42 Å². The van der Waals surface area contributed by atoms with E-state index in [-0.39, 0.29) is 0 Å². The van der Waals surface area contributed by atoms with Gasteiger partial charge >= 0.3 is 0 Å². The van der Waals surface area contributed by atoms with Gasteiger partial charge in [0.2, 0.25) is 0 Å². The first-order chi connectivity index (χ1) is 9.90. The van der Waals surface area contributed by atoms with E-state index in [4.69, 9.17) is 0 Å². The number of pyridine rings is 1. The molecule has 100 valence electrons. The van der Waals surface area contributed by atoms with Crippen LogP contribution in [0.3, 0.4) is 0 Å². The van der Waals surface area contributed by atoms with E-state index < -0.39 is 0 Å². The second kappa shape index (κ2) is 4.91. The Morgan fingerprint density at radius 2 is 2.20 bits per heavy atom. The molecule has 3 heteroatoms. The van der Waals surface area contributed by atoms with E-state index in [1.54, 1.807) is 11.3 Å². The van der Waals surface area contributed by atoms with Crippen molar-refractivity contribution >= 4 is 27.1 Å². The molecule has 1 atom stereocenters. The number of thiophene rings is 1. The largest absolute Gasteiger partial charge is 0.377 e. The molecule has 1 aliphatic rings. The lowest BCUT2D eigenvalue weighted by atomic mass is 9.92. The molecule has 0 saturated carbocycles. The van der Waals surface area contributed by atoms with Crippen LogP contribution in [0.4, 0.5) is 5.69 Å². The second-order valence-electron chi connectivity index (χ2n) is 5.31. The zero-order chi connectivity index (χ0) is 13.4. The van der Waals surface area contributed by atoms with E-state index in [0.29, 0.717) is 6.04 Å². The van der Waals surface area contributed by atoms with Gasteiger partial charge in [-0.2, -0.15) is 0 Å². The fourth-order valence-corrected chi connectivity index (χ4v) is 3.78. The molecule has 0 saturated heterocycles. The molecule has 0 amide bonds. The average Bonchev–Trinajstić information content (AvgIpc) is 2.95. The fraction of sp³-hybridized carbons (Fsp3) is 0.235. The van der Waals surface area contributed by atoms with Crippen LogP contribution in [0.5, 0.6) is 0 Å². The summed E-state index contributed by atoms with van der Waals surface area (Å²) in [5.41, 5.74) is 3.82. The van der Waals surface area contributed by atoms with Crippen LogP contribution in [0.1, 0.15) is 30.1 Å². The third kappa shape index (κ3) is 2.08. The third-order valence-electron chi connectivity index (χ3n) is 3.99. The van der Waals surface area contributed by atoms with Crippen LogP contribution in [0.15, 0.2) is 48.0 Å². The molecule has 0 bridgehead atoms. The van der Waals surface area contributed by atoms with Gasteiger partial charge < -0.3 is 5.32 Å². The predicted octanol–water partition coefficient (Wildman–Crippen LogP) is 4.79. The molecule has 3 aromatic rings. The van der Waals surface area contributed by atoms with E-state index in [1.165, 1.54) is 33.5 Å². The number of hydrogen-bond donors (Lipinski definition) is 1. The molecule has 1 aliphatic carbocycles. The summed E-state index contributed by atoms with van der Waals surface area (Å²) in [6, 6.07) is 13.4. The molecule has 1 unspecified atom stereocenters. The highest BCUT2D eigenvalue weighted by molar-refractivity contribution is 7.17. The molecule has 0 aliphatic heterocycles. The molecule has 1 N–H and O–H groups in total. The Hall–Kier alpha value is -1.87. The average molecular weight is 280 g/mol. The van der Waals surface area contributed by atoms with Crippen molar-refractivity contribution in [1.82, 2.24) is 4.98 Å². The third-order valence-corrected chi connectivity index (χ3v) is 4.89. The van der Waals surface area contributed by atoms with Gasteiger partial charge in [-0.15, -0.1) is 11.3 Å². The van der Waals surface area contributed by atoms with E-state index in [0.717, 1.165) is 12.8 Å². The lowest BCUT2D eigenvalue weighted by Gasteiger charge is -2.26. The van der Waals surface area contributed by atoms with Gasteiger partial charge in [0.25, 0.3) is 0 Å². The smallest absolute Gasteiger partial charge is 0.0688 e. The minimum atomic E-state index is 0.344. The predicted molar refractivity (Wildman–Crippen MR) is 85.4 cm³/mol. The summed E-state index contributed by atoms with van der Waals surface area (Å²) in [6.45, 7) is 0. The zero-order valence-corrected chi connectivity index (χ0v) is 12.0. The molecule has 0 radical (unpaired) electrons. The van der Waals surface area contributed by atoms with Crippen molar-refractivity contribution in [1.29, 1.82) is 0 Å². The van der Waals surface area contributed by atoms with Crippen LogP contribution in [0.2, 0.25) is 0 Å². The number of fused-ring (bicyclic) bond motifs is 2. The summed E-state index contributed by atoms with van der Waals surface area (Å²) in [6.07, 6.45) is 5.45. The van der Waals surface area contributed by atoms with Crippen LogP contribution in [0.25, 0.3) is 10.1 Å². The first-order valence-corrected chi connectivity index (χ1v) is 7.96. The molecule has 2 aromatic heterocycles.